The van der Waals surface area contributed by atoms with Gasteiger partial charge >= 0.3 is 6.03 Å². The lowest BCUT2D eigenvalue weighted by molar-refractivity contribution is -0.118. The Hall–Kier alpha value is -1.80. The molecule has 4 rings (SSSR count). The van der Waals surface area contributed by atoms with Gasteiger partial charge in [-0.1, -0.05) is 50.7 Å². The number of fused-ring (bicyclic) bond motifs is 1. The summed E-state index contributed by atoms with van der Waals surface area (Å²) < 4.78 is 13.1. The molecule has 3 N–H and O–H groups in total. The summed E-state index contributed by atoms with van der Waals surface area (Å²) in [6.45, 7) is 0.687. The zero-order valence-corrected chi connectivity index (χ0v) is 20.8. The molecule has 3 fully saturated rings. The average Bonchev–Trinajstić information content (AvgIpc) is 3.25. The molecule has 3 atom stereocenters. The molecule has 3 unspecified atom stereocenters. The molecule has 3 aliphatic rings. The first kappa shape index (κ1) is 25.3. The van der Waals surface area contributed by atoms with Crippen molar-refractivity contribution in [2.45, 2.75) is 82.2 Å². The molecule has 0 spiro atoms. The monoisotopic (exact) mass is 491 g/mol. The highest BCUT2D eigenvalue weighted by atomic mass is 32.2. The van der Waals surface area contributed by atoms with E-state index >= 15 is 0 Å². The molecule has 34 heavy (non-hydrogen) atoms. The molecule has 188 valence electrons. The van der Waals surface area contributed by atoms with Crippen LogP contribution in [0.5, 0.6) is 0 Å². The lowest BCUT2D eigenvalue weighted by Crippen LogP contribution is -2.67. The Morgan fingerprint density at radius 3 is 2.53 bits per heavy atom. The van der Waals surface area contributed by atoms with Gasteiger partial charge in [0.25, 0.3) is 0 Å². The van der Waals surface area contributed by atoms with E-state index in [0.717, 1.165) is 24.8 Å². The molecule has 2 saturated carbocycles. The summed E-state index contributed by atoms with van der Waals surface area (Å²) in [7, 11) is 0. The molecule has 2 aliphatic carbocycles. The van der Waals surface area contributed by atoms with E-state index in [0.29, 0.717) is 19.0 Å². The first-order valence-corrected chi connectivity index (χ1v) is 13.9. The molecule has 8 heteroatoms. The van der Waals surface area contributed by atoms with Crippen molar-refractivity contribution in [1.29, 1.82) is 0 Å². The number of nitrogens with one attached hydrogen (secondary N) is 2. The van der Waals surface area contributed by atoms with Crippen molar-refractivity contribution in [3.05, 3.63) is 35.6 Å². The van der Waals surface area contributed by atoms with Gasteiger partial charge in [-0.05, 0) is 49.3 Å². The molecule has 1 aliphatic heterocycles. The number of halogens is 1. The smallest absolute Gasteiger partial charge is 0.318 e. The summed E-state index contributed by atoms with van der Waals surface area (Å²) in [6, 6.07) is 6.14. The number of hydrogen-bond acceptors (Lipinski definition) is 4. The fourth-order valence-corrected chi connectivity index (χ4v) is 7.90. The Balaban J connectivity index is 1.47. The molecule has 3 amide bonds. The van der Waals surface area contributed by atoms with Crippen molar-refractivity contribution in [3.8, 4) is 0 Å². The van der Waals surface area contributed by atoms with E-state index in [1.54, 1.807) is 23.9 Å². The number of carbonyl (C=O) groups excluding carboxylic acids is 2. The second kappa shape index (κ2) is 11.8. The highest BCUT2D eigenvalue weighted by Gasteiger charge is 2.59. The predicted octanol–water partition coefficient (Wildman–Crippen LogP) is 4.42. The van der Waals surface area contributed by atoms with Crippen LogP contribution in [0.3, 0.4) is 0 Å². The standard InChI is InChI=1S/C26H38FN3O3S/c27-21-12-10-19(11-13-21)17-28-23(32)18-34-24-26(20-7-4-2-1-3-5-8-20)14-6-9-22(26)30(15-16-31)25(33)29-24/h10-13,20,22,24,31H,1-9,14-18H2,(H,28,32)(H,29,33). The van der Waals surface area contributed by atoms with Gasteiger partial charge < -0.3 is 20.6 Å². The third-order valence-electron chi connectivity index (χ3n) is 8.08. The van der Waals surface area contributed by atoms with Gasteiger partial charge in [0, 0.05) is 24.5 Å². The zero-order chi connectivity index (χ0) is 24.0. The fourth-order valence-electron chi connectivity index (χ4n) is 6.52. The van der Waals surface area contributed by atoms with Gasteiger partial charge in [0.1, 0.15) is 5.82 Å². The van der Waals surface area contributed by atoms with Crippen LogP contribution in [0, 0.1) is 17.2 Å². The quantitative estimate of drug-likeness (QED) is 0.503. The first-order chi connectivity index (χ1) is 16.5. The van der Waals surface area contributed by atoms with Gasteiger partial charge in [-0.15, -0.1) is 11.8 Å². The van der Waals surface area contributed by atoms with Gasteiger partial charge in [-0.3, -0.25) is 4.79 Å². The van der Waals surface area contributed by atoms with Crippen LogP contribution in [-0.2, 0) is 11.3 Å². The van der Waals surface area contributed by atoms with Crippen molar-refractivity contribution in [2.75, 3.05) is 18.9 Å². The van der Waals surface area contributed by atoms with Gasteiger partial charge in [-0.2, -0.15) is 0 Å². The van der Waals surface area contributed by atoms with Crippen molar-refractivity contribution < 1.29 is 19.1 Å². The number of nitrogens with zero attached hydrogens (tertiary/aromatic N) is 1. The van der Waals surface area contributed by atoms with E-state index in [1.807, 2.05) is 4.90 Å². The van der Waals surface area contributed by atoms with E-state index in [-0.39, 0.29) is 46.9 Å². The van der Waals surface area contributed by atoms with Crippen LogP contribution in [0.15, 0.2) is 24.3 Å². The Morgan fingerprint density at radius 1 is 1.12 bits per heavy atom. The summed E-state index contributed by atoms with van der Waals surface area (Å²) in [4.78, 5) is 27.6. The Morgan fingerprint density at radius 2 is 1.82 bits per heavy atom. The molecular formula is C26H38FN3O3S. The van der Waals surface area contributed by atoms with Crippen LogP contribution < -0.4 is 10.6 Å². The minimum Gasteiger partial charge on any atom is -0.395 e. The second-order valence-corrected chi connectivity index (χ2v) is 11.1. The maximum absolute atomic E-state index is 13.1. The summed E-state index contributed by atoms with van der Waals surface area (Å²) in [5, 5.41) is 15.7. The zero-order valence-electron chi connectivity index (χ0n) is 19.9. The van der Waals surface area contributed by atoms with Crippen LogP contribution in [0.4, 0.5) is 9.18 Å². The van der Waals surface area contributed by atoms with E-state index in [1.165, 1.54) is 57.1 Å². The van der Waals surface area contributed by atoms with Crippen molar-refractivity contribution in [1.82, 2.24) is 15.5 Å². The largest absolute Gasteiger partial charge is 0.395 e. The fraction of sp³-hybridized carbons (Fsp3) is 0.692. The number of aliphatic hydroxyl groups is 1. The maximum Gasteiger partial charge on any atom is 0.318 e. The highest BCUT2D eigenvalue weighted by molar-refractivity contribution is 8.00. The minimum absolute atomic E-state index is 0.0335. The van der Waals surface area contributed by atoms with Crippen molar-refractivity contribution in [3.63, 3.8) is 0 Å². The summed E-state index contributed by atoms with van der Waals surface area (Å²) in [5.74, 6) is 0.415. The van der Waals surface area contributed by atoms with Gasteiger partial charge in [0.15, 0.2) is 0 Å². The van der Waals surface area contributed by atoms with E-state index in [2.05, 4.69) is 10.6 Å². The Labute approximate surface area is 206 Å². The number of carbonyl (C=O) groups is 2. The SMILES string of the molecule is O=C(CSC1NC(=O)N(CCO)C2CCCC12C1CCCCCCC1)NCc1ccc(F)cc1. The third kappa shape index (κ3) is 5.54. The lowest BCUT2D eigenvalue weighted by Gasteiger charge is -2.55. The van der Waals surface area contributed by atoms with E-state index < -0.39 is 0 Å². The summed E-state index contributed by atoms with van der Waals surface area (Å²) >= 11 is 1.55. The van der Waals surface area contributed by atoms with E-state index in [4.69, 9.17) is 0 Å². The number of hydrogen-bond donors (Lipinski definition) is 3. The Kier molecular flexibility index (Phi) is 8.75. The molecule has 1 aromatic carbocycles. The summed E-state index contributed by atoms with van der Waals surface area (Å²) in [6.07, 6.45) is 11.7. The molecule has 6 nitrogen and oxygen atoms in total. The topological polar surface area (TPSA) is 81.7 Å². The predicted molar refractivity (Wildman–Crippen MR) is 133 cm³/mol. The third-order valence-corrected chi connectivity index (χ3v) is 9.40. The normalized spacial score (nSPS) is 28.1. The summed E-state index contributed by atoms with van der Waals surface area (Å²) in [5.41, 5.74) is 0.787. The number of benzene rings is 1. The van der Waals surface area contributed by atoms with Crippen LogP contribution in [0.2, 0.25) is 0 Å². The number of β-amino-alcohol motifs (C(OH)–C–C–N with tert-alkyl or cyclic N) is 1. The average molecular weight is 492 g/mol. The molecule has 0 radical (unpaired) electrons. The molecule has 1 heterocycles. The van der Waals surface area contributed by atoms with Crippen LogP contribution in [0.25, 0.3) is 0 Å². The lowest BCUT2D eigenvalue weighted by atomic mass is 9.65. The molecule has 1 aromatic rings. The van der Waals surface area contributed by atoms with Crippen LogP contribution in [-0.4, -0.2) is 52.3 Å². The number of rotatable bonds is 8. The molecule has 1 saturated heterocycles. The van der Waals surface area contributed by atoms with Gasteiger partial charge in [0.05, 0.1) is 17.7 Å². The second-order valence-electron chi connectivity index (χ2n) is 10.0. The van der Waals surface area contributed by atoms with E-state index in [9.17, 15) is 19.1 Å². The highest BCUT2D eigenvalue weighted by Crippen LogP contribution is 2.56. The number of aliphatic hydroxyl groups excluding tert-OH is 1. The number of urea groups is 1. The minimum atomic E-state index is -0.292. The number of amides is 3. The Bertz CT molecular complexity index is 831. The van der Waals surface area contributed by atoms with Crippen molar-refractivity contribution in [2.24, 2.45) is 11.3 Å². The molecule has 0 aromatic heterocycles. The number of thioether (sulfide) groups is 1. The first-order valence-electron chi connectivity index (χ1n) is 12.9. The van der Waals surface area contributed by atoms with Crippen molar-refractivity contribution >= 4 is 23.7 Å². The molecular weight excluding hydrogens is 453 g/mol. The van der Waals surface area contributed by atoms with Crippen LogP contribution in [0.1, 0.15) is 69.8 Å². The maximum atomic E-state index is 13.1. The van der Waals surface area contributed by atoms with Crippen LogP contribution >= 0.6 is 11.8 Å². The van der Waals surface area contributed by atoms with Gasteiger partial charge in [-0.25, -0.2) is 9.18 Å². The molecule has 0 bridgehead atoms. The van der Waals surface area contributed by atoms with Gasteiger partial charge in [0.2, 0.25) is 5.91 Å².